The molecule has 2 fully saturated rings. The number of ether oxygens (including phenoxy) is 2. The van der Waals surface area contributed by atoms with Gasteiger partial charge in [-0.15, -0.1) is 0 Å². The Hall–Kier alpha value is -1.18. The molecule has 0 aromatic rings. The molecule has 2 heterocycles. The number of carbonyl (C=O) groups excluding carboxylic acids is 1. The summed E-state index contributed by atoms with van der Waals surface area (Å²) >= 11 is 0. The Balaban J connectivity index is 2.11. The number of aliphatic carboxylic acids is 1. The van der Waals surface area contributed by atoms with Crippen molar-refractivity contribution in [3.05, 3.63) is 0 Å². The summed E-state index contributed by atoms with van der Waals surface area (Å²) in [6.45, 7) is 3.68. The number of carboxylic acids is 1. The Labute approximate surface area is 118 Å². The monoisotopic (exact) mass is 286 g/mol. The van der Waals surface area contributed by atoms with Crippen LogP contribution >= 0.6 is 0 Å². The smallest absolute Gasteiger partial charge is 0.311 e. The van der Waals surface area contributed by atoms with Crippen molar-refractivity contribution in [2.75, 3.05) is 40.0 Å². The predicted molar refractivity (Wildman–Crippen MR) is 70.3 cm³/mol. The van der Waals surface area contributed by atoms with Gasteiger partial charge in [-0.25, -0.2) is 0 Å². The van der Waals surface area contributed by atoms with Gasteiger partial charge in [-0.3, -0.25) is 9.59 Å². The van der Waals surface area contributed by atoms with E-state index in [2.05, 4.69) is 5.32 Å². The average Bonchev–Trinajstić information content (AvgIpc) is 3.07. The third kappa shape index (κ3) is 2.79. The molecule has 114 valence electrons. The van der Waals surface area contributed by atoms with E-state index >= 15 is 0 Å². The molecule has 0 aromatic heterocycles. The number of nitrogens with zero attached hydrogens (tertiary/aromatic N) is 1. The van der Waals surface area contributed by atoms with Crippen LogP contribution in [0.4, 0.5) is 0 Å². The van der Waals surface area contributed by atoms with Gasteiger partial charge >= 0.3 is 5.97 Å². The quantitative estimate of drug-likeness (QED) is 0.686. The molecule has 0 aliphatic carbocycles. The molecule has 0 aromatic carbocycles. The molecular weight excluding hydrogens is 264 g/mol. The molecule has 2 rings (SSSR count). The molecule has 7 heteroatoms. The maximum absolute atomic E-state index is 12.7. The minimum Gasteiger partial charge on any atom is -0.481 e. The van der Waals surface area contributed by atoms with E-state index < -0.39 is 11.9 Å². The molecule has 20 heavy (non-hydrogen) atoms. The molecule has 0 bridgehead atoms. The molecule has 2 aliphatic rings. The van der Waals surface area contributed by atoms with Crippen molar-refractivity contribution in [1.82, 2.24) is 10.2 Å². The van der Waals surface area contributed by atoms with E-state index in [1.807, 2.05) is 6.92 Å². The first-order valence-electron chi connectivity index (χ1n) is 6.96. The fourth-order valence-electron chi connectivity index (χ4n) is 2.94. The van der Waals surface area contributed by atoms with E-state index in [9.17, 15) is 14.7 Å². The number of nitrogens with one attached hydrogen (secondary N) is 1. The highest BCUT2D eigenvalue weighted by Crippen LogP contribution is 2.24. The van der Waals surface area contributed by atoms with Gasteiger partial charge in [0.05, 0.1) is 38.4 Å². The topological polar surface area (TPSA) is 88.1 Å². The summed E-state index contributed by atoms with van der Waals surface area (Å²) < 4.78 is 10.6. The van der Waals surface area contributed by atoms with Crippen LogP contribution in [0.3, 0.4) is 0 Å². The van der Waals surface area contributed by atoms with Crippen molar-refractivity contribution in [2.45, 2.75) is 19.0 Å². The fourth-order valence-corrected chi connectivity index (χ4v) is 2.94. The zero-order chi connectivity index (χ0) is 14.7. The summed E-state index contributed by atoms with van der Waals surface area (Å²) in [6, 6.07) is -0.398. The van der Waals surface area contributed by atoms with Crippen molar-refractivity contribution in [1.29, 1.82) is 0 Å². The molecule has 2 saturated heterocycles. The Morgan fingerprint density at radius 2 is 1.85 bits per heavy atom. The molecule has 7 nitrogen and oxygen atoms in total. The molecular formula is C13H22N2O5. The molecule has 1 amide bonds. The lowest BCUT2D eigenvalue weighted by atomic mass is 9.97. The lowest BCUT2D eigenvalue weighted by Gasteiger charge is -2.32. The van der Waals surface area contributed by atoms with Crippen LogP contribution in [-0.4, -0.2) is 74.0 Å². The van der Waals surface area contributed by atoms with Crippen LogP contribution in [0.5, 0.6) is 0 Å². The van der Waals surface area contributed by atoms with Gasteiger partial charge in [0.2, 0.25) is 5.91 Å². The molecule has 0 spiro atoms. The number of likely N-dealkylation sites (N-methyl/N-ethyl adjacent to an activating group) is 2. The lowest BCUT2D eigenvalue weighted by Crippen LogP contribution is -2.52. The lowest BCUT2D eigenvalue weighted by molar-refractivity contribution is -0.146. The summed E-state index contributed by atoms with van der Waals surface area (Å²) in [7, 11) is 1.80. The molecule has 4 unspecified atom stereocenters. The van der Waals surface area contributed by atoms with Crippen molar-refractivity contribution in [3.63, 3.8) is 0 Å². The number of rotatable bonds is 5. The van der Waals surface area contributed by atoms with Gasteiger partial charge in [0, 0.05) is 12.6 Å². The molecule has 4 atom stereocenters. The summed E-state index contributed by atoms with van der Waals surface area (Å²) in [6.07, 6.45) is 0. The minimum atomic E-state index is -0.911. The third-order valence-corrected chi connectivity index (χ3v) is 4.16. The van der Waals surface area contributed by atoms with Crippen LogP contribution in [0.1, 0.15) is 6.92 Å². The van der Waals surface area contributed by atoms with Crippen molar-refractivity contribution in [2.24, 2.45) is 11.8 Å². The van der Waals surface area contributed by atoms with Gasteiger partial charge < -0.3 is 24.8 Å². The largest absolute Gasteiger partial charge is 0.481 e. The molecule has 0 saturated carbocycles. The average molecular weight is 286 g/mol. The van der Waals surface area contributed by atoms with Crippen LogP contribution in [0.2, 0.25) is 0 Å². The summed E-state index contributed by atoms with van der Waals surface area (Å²) in [4.78, 5) is 25.5. The van der Waals surface area contributed by atoms with E-state index in [-0.39, 0.29) is 37.1 Å². The maximum atomic E-state index is 12.7. The SMILES string of the molecule is CCN(C(=O)C1COCC1NC)C1COCC1C(=O)O. The van der Waals surface area contributed by atoms with Crippen LogP contribution in [0, 0.1) is 11.8 Å². The highest BCUT2D eigenvalue weighted by atomic mass is 16.5. The Bertz CT molecular complexity index is 376. The zero-order valence-electron chi connectivity index (χ0n) is 11.9. The van der Waals surface area contributed by atoms with Gasteiger partial charge in [0.1, 0.15) is 5.92 Å². The summed E-state index contributed by atoms with van der Waals surface area (Å²) in [5.41, 5.74) is 0. The number of hydrogen-bond donors (Lipinski definition) is 2. The Kier molecular flexibility index (Phi) is 4.95. The van der Waals surface area contributed by atoms with E-state index in [0.717, 1.165) is 0 Å². The normalized spacial score (nSPS) is 33.3. The number of hydrogen-bond acceptors (Lipinski definition) is 5. The maximum Gasteiger partial charge on any atom is 0.311 e. The standard InChI is InChI=1S/C13H22N2O5/c1-3-15(11-7-20-5-9(11)13(17)18)12(16)8-4-19-6-10(8)14-2/h8-11,14H,3-7H2,1-2H3,(H,17,18). The second-order valence-electron chi connectivity index (χ2n) is 5.21. The van der Waals surface area contributed by atoms with E-state index in [1.165, 1.54) is 0 Å². The second kappa shape index (κ2) is 6.51. The van der Waals surface area contributed by atoms with Gasteiger partial charge in [-0.1, -0.05) is 0 Å². The van der Waals surface area contributed by atoms with Gasteiger partial charge in [0.25, 0.3) is 0 Å². The Morgan fingerprint density at radius 3 is 2.45 bits per heavy atom. The first-order valence-corrected chi connectivity index (χ1v) is 6.96. The third-order valence-electron chi connectivity index (χ3n) is 4.16. The van der Waals surface area contributed by atoms with Crippen LogP contribution in [0.25, 0.3) is 0 Å². The Morgan fingerprint density at radius 1 is 1.20 bits per heavy atom. The fraction of sp³-hybridized carbons (Fsp3) is 0.846. The molecule has 2 aliphatic heterocycles. The number of amides is 1. The number of carboxylic acid groups (broad SMARTS) is 1. The summed E-state index contributed by atoms with van der Waals surface area (Å²) in [5, 5.41) is 12.3. The highest BCUT2D eigenvalue weighted by molar-refractivity contribution is 5.81. The second-order valence-corrected chi connectivity index (χ2v) is 5.21. The van der Waals surface area contributed by atoms with E-state index in [1.54, 1.807) is 11.9 Å². The number of carbonyl (C=O) groups is 2. The van der Waals surface area contributed by atoms with Crippen LogP contribution in [0.15, 0.2) is 0 Å². The van der Waals surface area contributed by atoms with Gasteiger partial charge in [-0.2, -0.15) is 0 Å². The zero-order valence-corrected chi connectivity index (χ0v) is 11.9. The van der Waals surface area contributed by atoms with Crippen molar-refractivity contribution >= 4 is 11.9 Å². The molecule has 2 N–H and O–H groups in total. The first-order chi connectivity index (χ1) is 9.60. The van der Waals surface area contributed by atoms with Gasteiger partial charge in [0.15, 0.2) is 0 Å². The van der Waals surface area contributed by atoms with Crippen LogP contribution in [-0.2, 0) is 19.1 Å². The van der Waals surface area contributed by atoms with Crippen molar-refractivity contribution < 1.29 is 24.2 Å². The van der Waals surface area contributed by atoms with Crippen LogP contribution < -0.4 is 5.32 Å². The van der Waals surface area contributed by atoms with E-state index in [4.69, 9.17) is 9.47 Å². The highest BCUT2D eigenvalue weighted by Gasteiger charge is 2.43. The minimum absolute atomic E-state index is 0.0119. The van der Waals surface area contributed by atoms with Gasteiger partial charge in [-0.05, 0) is 14.0 Å². The first kappa shape index (κ1) is 15.2. The predicted octanol–water partition coefficient (Wildman–Crippen LogP) is -0.831. The molecule has 0 radical (unpaired) electrons. The summed E-state index contributed by atoms with van der Waals surface area (Å²) in [5.74, 6) is -1.86. The van der Waals surface area contributed by atoms with Crippen molar-refractivity contribution in [3.8, 4) is 0 Å². The van der Waals surface area contributed by atoms with E-state index in [0.29, 0.717) is 19.8 Å².